The van der Waals surface area contributed by atoms with Crippen molar-refractivity contribution in [2.75, 3.05) is 18.4 Å². The fourth-order valence-corrected chi connectivity index (χ4v) is 2.94. The van der Waals surface area contributed by atoms with Crippen LogP contribution in [0.3, 0.4) is 0 Å². The van der Waals surface area contributed by atoms with Crippen LogP contribution in [0.1, 0.15) is 31.7 Å². The minimum absolute atomic E-state index is 0.0295. The Labute approximate surface area is 124 Å². The monoisotopic (exact) mass is 290 g/mol. The summed E-state index contributed by atoms with van der Waals surface area (Å²) in [5, 5.41) is 15.0. The molecule has 1 unspecified atom stereocenters. The second-order valence-corrected chi connectivity index (χ2v) is 5.68. The van der Waals surface area contributed by atoms with Gasteiger partial charge in [-0.25, -0.2) is 0 Å². The number of hydrogen-bond donors (Lipinski definition) is 3. The van der Waals surface area contributed by atoms with Gasteiger partial charge in [-0.1, -0.05) is 25.5 Å². The van der Waals surface area contributed by atoms with E-state index in [1.165, 1.54) is 0 Å². The van der Waals surface area contributed by atoms with Crippen LogP contribution in [0, 0.1) is 5.41 Å². The lowest BCUT2D eigenvalue weighted by Gasteiger charge is -2.26. The number of rotatable bonds is 6. The van der Waals surface area contributed by atoms with Gasteiger partial charge in [-0.3, -0.25) is 9.59 Å². The number of benzene rings is 1. The molecule has 1 aliphatic rings. The van der Waals surface area contributed by atoms with E-state index in [1.54, 1.807) is 24.3 Å². The minimum Gasteiger partial charge on any atom is -0.481 e. The van der Waals surface area contributed by atoms with E-state index in [4.69, 9.17) is 5.11 Å². The number of carboxylic acid groups (broad SMARTS) is 1. The lowest BCUT2D eigenvalue weighted by Crippen LogP contribution is -2.38. The minimum atomic E-state index is -0.874. The summed E-state index contributed by atoms with van der Waals surface area (Å²) in [5.74, 6) is -0.845. The number of anilines is 1. The van der Waals surface area contributed by atoms with Crippen LogP contribution in [-0.2, 0) is 16.0 Å². The van der Waals surface area contributed by atoms with Crippen molar-refractivity contribution in [1.29, 1.82) is 0 Å². The molecule has 0 bridgehead atoms. The smallest absolute Gasteiger partial charge is 0.307 e. The zero-order valence-corrected chi connectivity index (χ0v) is 12.3. The number of carbonyl (C=O) groups excluding carboxylic acids is 1. The Hall–Kier alpha value is -1.88. The molecule has 1 aromatic carbocycles. The molecule has 1 amide bonds. The van der Waals surface area contributed by atoms with Crippen molar-refractivity contribution in [3.63, 3.8) is 0 Å². The third-order valence-corrected chi connectivity index (χ3v) is 3.99. The van der Waals surface area contributed by atoms with Crippen LogP contribution >= 0.6 is 0 Å². The number of nitrogens with one attached hydrogen (secondary N) is 2. The predicted octanol–water partition coefficient (Wildman–Crippen LogP) is 2.03. The van der Waals surface area contributed by atoms with E-state index in [1.807, 2.05) is 0 Å². The molecule has 0 saturated carbocycles. The van der Waals surface area contributed by atoms with Crippen LogP contribution in [0.15, 0.2) is 24.3 Å². The average Bonchev–Trinajstić information content (AvgIpc) is 2.88. The number of amides is 1. The largest absolute Gasteiger partial charge is 0.481 e. The quantitative estimate of drug-likeness (QED) is 0.749. The van der Waals surface area contributed by atoms with Gasteiger partial charge in [-0.2, -0.15) is 0 Å². The summed E-state index contributed by atoms with van der Waals surface area (Å²) >= 11 is 0. The molecule has 1 aliphatic heterocycles. The third-order valence-electron chi connectivity index (χ3n) is 3.99. The lowest BCUT2D eigenvalue weighted by atomic mass is 9.81. The Balaban J connectivity index is 2.09. The number of hydrogen-bond acceptors (Lipinski definition) is 3. The molecular formula is C16H22N2O3. The maximum atomic E-state index is 12.6. The van der Waals surface area contributed by atoms with E-state index in [0.717, 1.165) is 25.8 Å². The summed E-state index contributed by atoms with van der Waals surface area (Å²) in [6.45, 7) is 3.66. The molecule has 5 heteroatoms. The van der Waals surface area contributed by atoms with Crippen molar-refractivity contribution in [1.82, 2.24) is 5.32 Å². The molecule has 1 fully saturated rings. The second-order valence-electron chi connectivity index (χ2n) is 5.68. The van der Waals surface area contributed by atoms with Crippen molar-refractivity contribution < 1.29 is 14.7 Å². The molecule has 0 aromatic heterocycles. The molecule has 114 valence electrons. The van der Waals surface area contributed by atoms with E-state index in [0.29, 0.717) is 17.8 Å². The first-order chi connectivity index (χ1) is 10.1. The van der Waals surface area contributed by atoms with Crippen molar-refractivity contribution in [3.05, 3.63) is 29.8 Å². The molecule has 0 spiro atoms. The molecule has 1 saturated heterocycles. The molecule has 2 rings (SSSR count). The molecule has 0 aliphatic carbocycles. The standard InChI is InChI=1S/C16H22N2O3/c1-2-6-16(7-8-17-11-16)15(21)18-13-5-3-4-12(9-13)10-14(19)20/h3-5,9,17H,2,6-8,10-11H2,1H3,(H,18,21)(H,19,20). The van der Waals surface area contributed by atoms with Gasteiger partial charge in [0.1, 0.15) is 0 Å². The van der Waals surface area contributed by atoms with Gasteiger partial charge in [0.25, 0.3) is 0 Å². The molecule has 1 atom stereocenters. The number of carbonyl (C=O) groups is 2. The zero-order chi connectivity index (χ0) is 15.3. The van der Waals surface area contributed by atoms with Crippen LogP contribution in [0.25, 0.3) is 0 Å². The summed E-state index contributed by atoms with van der Waals surface area (Å²) in [7, 11) is 0. The normalized spacial score (nSPS) is 21.2. The van der Waals surface area contributed by atoms with E-state index in [2.05, 4.69) is 17.6 Å². The maximum Gasteiger partial charge on any atom is 0.307 e. The number of aliphatic carboxylic acids is 1. The zero-order valence-electron chi connectivity index (χ0n) is 12.3. The van der Waals surface area contributed by atoms with E-state index >= 15 is 0 Å². The first-order valence-corrected chi connectivity index (χ1v) is 7.39. The summed E-state index contributed by atoms with van der Waals surface area (Å²) in [6, 6.07) is 7.05. The summed E-state index contributed by atoms with van der Waals surface area (Å²) in [5.41, 5.74) is 1.02. The van der Waals surface area contributed by atoms with Crippen LogP contribution in [0.2, 0.25) is 0 Å². The van der Waals surface area contributed by atoms with Crippen molar-refractivity contribution in [2.24, 2.45) is 5.41 Å². The molecule has 1 aromatic rings. The average molecular weight is 290 g/mol. The molecule has 5 nitrogen and oxygen atoms in total. The molecule has 3 N–H and O–H groups in total. The van der Waals surface area contributed by atoms with Gasteiger partial charge in [0.2, 0.25) is 5.91 Å². The van der Waals surface area contributed by atoms with Crippen LogP contribution in [-0.4, -0.2) is 30.1 Å². The van der Waals surface area contributed by atoms with Crippen molar-refractivity contribution >= 4 is 17.6 Å². The maximum absolute atomic E-state index is 12.6. The Morgan fingerprint density at radius 2 is 2.24 bits per heavy atom. The van der Waals surface area contributed by atoms with E-state index in [-0.39, 0.29) is 17.7 Å². The van der Waals surface area contributed by atoms with Gasteiger partial charge in [-0.15, -0.1) is 0 Å². The molecular weight excluding hydrogens is 268 g/mol. The second kappa shape index (κ2) is 6.72. The summed E-state index contributed by atoms with van der Waals surface area (Å²) in [6.07, 6.45) is 2.64. The van der Waals surface area contributed by atoms with Crippen LogP contribution in [0.4, 0.5) is 5.69 Å². The Bertz CT molecular complexity index is 522. The fourth-order valence-electron chi connectivity index (χ4n) is 2.94. The first-order valence-electron chi connectivity index (χ1n) is 7.39. The van der Waals surface area contributed by atoms with Gasteiger partial charge in [-0.05, 0) is 37.1 Å². The Morgan fingerprint density at radius 1 is 1.43 bits per heavy atom. The first kappa shape index (κ1) is 15.5. The highest BCUT2D eigenvalue weighted by molar-refractivity contribution is 5.95. The van der Waals surface area contributed by atoms with Gasteiger partial charge < -0.3 is 15.7 Å². The van der Waals surface area contributed by atoms with Gasteiger partial charge in [0.05, 0.1) is 11.8 Å². The van der Waals surface area contributed by atoms with E-state index < -0.39 is 5.97 Å². The summed E-state index contributed by atoms with van der Waals surface area (Å²) in [4.78, 5) is 23.3. The molecule has 21 heavy (non-hydrogen) atoms. The van der Waals surface area contributed by atoms with E-state index in [9.17, 15) is 9.59 Å². The van der Waals surface area contributed by atoms with Crippen molar-refractivity contribution in [3.8, 4) is 0 Å². The van der Waals surface area contributed by atoms with Gasteiger partial charge in [0, 0.05) is 12.2 Å². The SMILES string of the molecule is CCCC1(C(=O)Nc2cccc(CC(=O)O)c2)CCNC1. The topological polar surface area (TPSA) is 78.4 Å². The Kier molecular flexibility index (Phi) is 4.96. The summed E-state index contributed by atoms with van der Waals surface area (Å²) < 4.78 is 0. The van der Waals surface area contributed by atoms with Crippen LogP contribution < -0.4 is 10.6 Å². The number of carboxylic acids is 1. The predicted molar refractivity (Wildman–Crippen MR) is 81.2 cm³/mol. The highest BCUT2D eigenvalue weighted by Crippen LogP contribution is 2.32. The highest BCUT2D eigenvalue weighted by atomic mass is 16.4. The van der Waals surface area contributed by atoms with Gasteiger partial charge >= 0.3 is 5.97 Å². The highest BCUT2D eigenvalue weighted by Gasteiger charge is 2.40. The third kappa shape index (κ3) is 3.82. The van der Waals surface area contributed by atoms with Crippen LogP contribution in [0.5, 0.6) is 0 Å². The Morgan fingerprint density at radius 3 is 2.86 bits per heavy atom. The molecule has 0 radical (unpaired) electrons. The van der Waals surface area contributed by atoms with Crippen molar-refractivity contribution in [2.45, 2.75) is 32.6 Å². The lowest BCUT2D eigenvalue weighted by molar-refractivity contribution is -0.136. The fraction of sp³-hybridized carbons (Fsp3) is 0.500. The molecule has 1 heterocycles. The van der Waals surface area contributed by atoms with Gasteiger partial charge in [0.15, 0.2) is 0 Å².